The van der Waals surface area contributed by atoms with E-state index in [4.69, 9.17) is 5.73 Å². The Bertz CT molecular complexity index is 388. The van der Waals surface area contributed by atoms with Crippen LogP contribution in [0.3, 0.4) is 0 Å². The van der Waals surface area contributed by atoms with E-state index < -0.39 is 0 Å². The van der Waals surface area contributed by atoms with Gasteiger partial charge in [-0.25, -0.2) is 0 Å². The van der Waals surface area contributed by atoms with Crippen molar-refractivity contribution in [2.24, 2.45) is 23.5 Å². The summed E-state index contributed by atoms with van der Waals surface area (Å²) >= 11 is 0. The molecule has 84 valence electrons. The van der Waals surface area contributed by atoms with Gasteiger partial charge in [-0.2, -0.15) is 0 Å². The number of rotatable bonds is 2. The van der Waals surface area contributed by atoms with Gasteiger partial charge in [0.25, 0.3) is 0 Å². The fourth-order valence-corrected chi connectivity index (χ4v) is 3.84. The maximum atomic E-state index is 11.4. The smallest absolute Gasteiger partial charge is 0.221 e. The zero-order valence-electron chi connectivity index (χ0n) is 9.30. The summed E-state index contributed by atoms with van der Waals surface area (Å²) in [5.74, 6) is 1.69. The highest BCUT2D eigenvalue weighted by Gasteiger charge is 2.54. The molecule has 1 aromatic rings. The van der Waals surface area contributed by atoms with E-state index in [0.717, 1.165) is 0 Å². The Labute approximate surface area is 95.8 Å². The number of benzene rings is 1. The normalized spacial score (nSPS) is 36.5. The number of primary amides is 1. The standard InChI is InChI=1S/C14H17NO/c15-14(16)13-10-7-4-8-11(13)12(10)9-5-2-1-3-6-9/h1-3,5-6,10-13H,4,7-8H2,(H2,15,16). The van der Waals surface area contributed by atoms with Gasteiger partial charge in [-0.05, 0) is 36.2 Å². The number of carbonyl (C=O) groups excluding carboxylic acids is 1. The molecule has 16 heavy (non-hydrogen) atoms. The first kappa shape index (κ1) is 9.88. The van der Waals surface area contributed by atoms with E-state index in [1.54, 1.807) is 0 Å². The average molecular weight is 215 g/mol. The fourth-order valence-electron chi connectivity index (χ4n) is 3.84. The van der Waals surface area contributed by atoms with Crippen molar-refractivity contribution in [1.82, 2.24) is 0 Å². The first-order chi connectivity index (χ1) is 7.79. The Hall–Kier alpha value is -1.31. The molecule has 2 N–H and O–H groups in total. The Morgan fingerprint density at radius 2 is 1.75 bits per heavy atom. The molecule has 3 rings (SSSR count). The summed E-state index contributed by atoms with van der Waals surface area (Å²) in [5.41, 5.74) is 6.89. The number of hydrogen-bond donors (Lipinski definition) is 1. The molecular weight excluding hydrogens is 198 g/mol. The molecule has 2 aliphatic rings. The second kappa shape index (κ2) is 3.62. The molecule has 2 unspecified atom stereocenters. The van der Waals surface area contributed by atoms with Crippen LogP contribution in [0.15, 0.2) is 30.3 Å². The maximum Gasteiger partial charge on any atom is 0.221 e. The van der Waals surface area contributed by atoms with Crippen molar-refractivity contribution < 1.29 is 4.79 Å². The Kier molecular flexibility index (Phi) is 2.23. The first-order valence-corrected chi connectivity index (χ1v) is 6.13. The molecular formula is C14H17NO. The molecule has 1 aromatic carbocycles. The van der Waals surface area contributed by atoms with E-state index in [9.17, 15) is 4.79 Å². The number of fused-ring (bicyclic) bond motifs is 2. The molecule has 2 atom stereocenters. The fraction of sp³-hybridized carbons (Fsp3) is 0.500. The Balaban J connectivity index is 1.88. The molecule has 0 saturated heterocycles. The van der Waals surface area contributed by atoms with E-state index in [1.807, 2.05) is 6.07 Å². The number of carbonyl (C=O) groups is 1. The maximum absolute atomic E-state index is 11.4. The molecule has 2 saturated carbocycles. The largest absolute Gasteiger partial charge is 0.369 e. The quantitative estimate of drug-likeness (QED) is 0.808. The molecule has 2 nitrogen and oxygen atoms in total. The van der Waals surface area contributed by atoms with Crippen molar-refractivity contribution in [3.8, 4) is 0 Å². The van der Waals surface area contributed by atoms with Gasteiger partial charge in [-0.15, -0.1) is 0 Å². The van der Waals surface area contributed by atoms with Crippen molar-refractivity contribution in [1.29, 1.82) is 0 Å². The lowest BCUT2D eigenvalue weighted by Gasteiger charge is -2.55. The predicted molar refractivity (Wildman–Crippen MR) is 62.7 cm³/mol. The van der Waals surface area contributed by atoms with Gasteiger partial charge < -0.3 is 5.73 Å². The zero-order chi connectivity index (χ0) is 11.1. The highest BCUT2D eigenvalue weighted by molar-refractivity contribution is 5.79. The van der Waals surface area contributed by atoms with Crippen LogP contribution in [0, 0.1) is 17.8 Å². The molecule has 0 heterocycles. The lowest BCUT2D eigenvalue weighted by Crippen LogP contribution is -2.53. The van der Waals surface area contributed by atoms with Crippen LogP contribution in [-0.2, 0) is 4.79 Å². The summed E-state index contributed by atoms with van der Waals surface area (Å²) in [7, 11) is 0. The zero-order valence-corrected chi connectivity index (χ0v) is 9.30. The number of nitrogens with two attached hydrogens (primary N) is 1. The molecule has 2 bridgehead atoms. The van der Waals surface area contributed by atoms with Crippen molar-refractivity contribution in [2.45, 2.75) is 25.2 Å². The van der Waals surface area contributed by atoms with Crippen molar-refractivity contribution in [2.75, 3.05) is 0 Å². The predicted octanol–water partition coefficient (Wildman–Crippen LogP) is 2.30. The van der Waals surface area contributed by atoms with Crippen LogP contribution in [0.25, 0.3) is 0 Å². The molecule has 0 aromatic heterocycles. The summed E-state index contributed by atoms with van der Waals surface area (Å²) in [4.78, 5) is 11.4. The van der Waals surface area contributed by atoms with Gasteiger partial charge in [-0.3, -0.25) is 4.79 Å². The van der Waals surface area contributed by atoms with Crippen molar-refractivity contribution >= 4 is 5.91 Å². The molecule has 0 radical (unpaired) electrons. The van der Waals surface area contributed by atoms with Gasteiger partial charge in [-0.1, -0.05) is 36.8 Å². The summed E-state index contributed by atoms with van der Waals surface area (Å²) < 4.78 is 0. The minimum atomic E-state index is -0.0816. The molecule has 2 aliphatic carbocycles. The SMILES string of the molecule is NC(=O)C1C2CCCC1C2c1ccccc1. The third-order valence-corrected chi connectivity index (χ3v) is 4.43. The summed E-state index contributed by atoms with van der Waals surface area (Å²) in [6, 6.07) is 10.6. The van der Waals surface area contributed by atoms with Crippen LogP contribution >= 0.6 is 0 Å². The molecule has 2 heteroatoms. The van der Waals surface area contributed by atoms with Gasteiger partial charge in [0.2, 0.25) is 5.91 Å². The number of amides is 1. The van der Waals surface area contributed by atoms with Gasteiger partial charge in [0.05, 0.1) is 0 Å². The monoisotopic (exact) mass is 215 g/mol. The van der Waals surface area contributed by atoms with E-state index in [1.165, 1.54) is 24.8 Å². The van der Waals surface area contributed by atoms with Gasteiger partial charge in [0, 0.05) is 5.92 Å². The first-order valence-electron chi connectivity index (χ1n) is 6.13. The summed E-state index contributed by atoms with van der Waals surface area (Å²) in [6.07, 6.45) is 3.61. The summed E-state index contributed by atoms with van der Waals surface area (Å²) in [6.45, 7) is 0. The van der Waals surface area contributed by atoms with Gasteiger partial charge >= 0.3 is 0 Å². The van der Waals surface area contributed by atoms with Crippen LogP contribution in [0.4, 0.5) is 0 Å². The summed E-state index contributed by atoms with van der Waals surface area (Å²) in [5, 5.41) is 0. The van der Waals surface area contributed by atoms with Crippen LogP contribution < -0.4 is 5.73 Å². The van der Waals surface area contributed by atoms with Crippen LogP contribution in [-0.4, -0.2) is 5.91 Å². The highest BCUT2D eigenvalue weighted by atomic mass is 16.1. The second-order valence-corrected chi connectivity index (χ2v) is 5.12. The van der Waals surface area contributed by atoms with Crippen LogP contribution in [0.5, 0.6) is 0 Å². The van der Waals surface area contributed by atoms with E-state index in [0.29, 0.717) is 17.8 Å². The second-order valence-electron chi connectivity index (χ2n) is 5.12. The van der Waals surface area contributed by atoms with Crippen molar-refractivity contribution in [3.63, 3.8) is 0 Å². The molecule has 0 aliphatic heterocycles. The van der Waals surface area contributed by atoms with Gasteiger partial charge in [0.1, 0.15) is 0 Å². The van der Waals surface area contributed by atoms with Crippen LogP contribution in [0.2, 0.25) is 0 Å². The third-order valence-electron chi connectivity index (χ3n) is 4.43. The lowest BCUT2D eigenvalue weighted by molar-refractivity contribution is -0.137. The minimum absolute atomic E-state index is 0.0816. The molecule has 1 amide bonds. The van der Waals surface area contributed by atoms with Crippen LogP contribution in [0.1, 0.15) is 30.7 Å². The third kappa shape index (κ3) is 1.29. The molecule has 2 fully saturated rings. The topological polar surface area (TPSA) is 43.1 Å². The Morgan fingerprint density at radius 1 is 1.12 bits per heavy atom. The van der Waals surface area contributed by atoms with E-state index in [2.05, 4.69) is 24.3 Å². The van der Waals surface area contributed by atoms with Crippen molar-refractivity contribution in [3.05, 3.63) is 35.9 Å². The highest BCUT2D eigenvalue weighted by Crippen LogP contribution is 2.59. The van der Waals surface area contributed by atoms with E-state index >= 15 is 0 Å². The Morgan fingerprint density at radius 3 is 2.31 bits per heavy atom. The average Bonchev–Trinajstić information content (AvgIpc) is 2.30. The minimum Gasteiger partial charge on any atom is -0.369 e. The van der Waals surface area contributed by atoms with Gasteiger partial charge in [0.15, 0.2) is 0 Å². The number of hydrogen-bond acceptors (Lipinski definition) is 1. The lowest BCUT2D eigenvalue weighted by atomic mass is 9.48. The molecule has 0 spiro atoms. The van der Waals surface area contributed by atoms with E-state index in [-0.39, 0.29) is 11.8 Å².